The van der Waals surface area contributed by atoms with Crippen molar-refractivity contribution >= 4 is 12.0 Å². The average molecular weight is 278 g/mol. The van der Waals surface area contributed by atoms with E-state index in [1.807, 2.05) is 31.2 Å². The lowest BCUT2D eigenvalue weighted by atomic mass is 10.1. The Balaban J connectivity index is 2.51. The van der Waals surface area contributed by atoms with Crippen LogP contribution in [-0.4, -0.2) is 36.6 Å². The van der Waals surface area contributed by atoms with E-state index in [0.29, 0.717) is 26.2 Å². The van der Waals surface area contributed by atoms with Crippen molar-refractivity contribution in [3.8, 4) is 0 Å². The smallest absolute Gasteiger partial charge is 0.407 e. The van der Waals surface area contributed by atoms with Crippen molar-refractivity contribution in [2.75, 3.05) is 19.7 Å². The number of hydrogen-bond donors (Lipinski definition) is 1. The van der Waals surface area contributed by atoms with Crippen molar-refractivity contribution in [2.24, 2.45) is 0 Å². The van der Waals surface area contributed by atoms with Gasteiger partial charge in [-0.05, 0) is 25.0 Å². The number of hydrogen-bond acceptors (Lipinski definition) is 3. The van der Waals surface area contributed by atoms with Crippen LogP contribution in [0.15, 0.2) is 24.3 Å². The molecule has 1 aromatic rings. The van der Waals surface area contributed by atoms with Crippen LogP contribution in [0.4, 0.5) is 4.79 Å². The summed E-state index contributed by atoms with van der Waals surface area (Å²) in [5.41, 5.74) is 2.26. The summed E-state index contributed by atoms with van der Waals surface area (Å²) in [6, 6.07) is 7.95. The van der Waals surface area contributed by atoms with E-state index in [4.69, 9.17) is 4.74 Å². The van der Waals surface area contributed by atoms with Gasteiger partial charge in [0.15, 0.2) is 0 Å². The van der Waals surface area contributed by atoms with E-state index in [2.05, 4.69) is 5.32 Å². The van der Waals surface area contributed by atoms with Crippen molar-refractivity contribution < 1.29 is 14.3 Å². The van der Waals surface area contributed by atoms with Crippen LogP contribution >= 0.6 is 0 Å². The van der Waals surface area contributed by atoms with Gasteiger partial charge in [-0.2, -0.15) is 0 Å². The molecule has 20 heavy (non-hydrogen) atoms. The fourth-order valence-electron chi connectivity index (χ4n) is 1.82. The van der Waals surface area contributed by atoms with Gasteiger partial charge in [-0.25, -0.2) is 4.79 Å². The van der Waals surface area contributed by atoms with Crippen molar-refractivity contribution in [1.82, 2.24) is 10.2 Å². The molecule has 0 spiro atoms. The van der Waals surface area contributed by atoms with Crippen LogP contribution < -0.4 is 5.32 Å². The fraction of sp³-hybridized carbons (Fsp3) is 0.467. The minimum atomic E-state index is -0.452. The maximum atomic E-state index is 11.6. The van der Waals surface area contributed by atoms with Crippen molar-refractivity contribution in [1.29, 1.82) is 0 Å². The topological polar surface area (TPSA) is 58.6 Å². The van der Waals surface area contributed by atoms with Crippen LogP contribution in [0.3, 0.4) is 0 Å². The van der Waals surface area contributed by atoms with Gasteiger partial charge in [-0.3, -0.25) is 4.79 Å². The molecule has 0 radical (unpaired) electrons. The summed E-state index contributed by atoms with van der Waals surface area (Å²) in [6.45, 7) is 7.03. The van der Waals surface area contributed by atoms with Gasteiger partial charge in [0.1, 0.15) is 0 Å². The third kappa shape index (κ3) is 5.30. The molecular formula is C15H22N2O3. The van der Waals surface area contributed by atoms with Gasteiger partial charge in [0.2, 0.25) is 5.91 Å². The molecule has 0 atom stereocenters. The summed E-state index contributed by atoms with van der Waals surface area (Å²) in [5, 5.41) is 2.61. The molecular weight excluding hydrogens is 256 g/mol. The summed E-state index contributed by atoms with van der Waals surface area (Å²) >= 11 is 0. The number of alkyl carbamates (subject to hydrolysis) is 1. The van der Waals surface area contributed by atoms with Crippen LogP contribution in [0.25, 0.3) is 0 Å². The number of carbonyl (C=O) groups excluding carboxylic acids is 2. The van der Waals surface area contributed by atoms with Crippen LogP contribution in [0.2, 0.25) is 0 Å². The number of amides is 2. The second-order valence-electron chi connectivity index (χ2n) is 4.51. The number of rotatable bonds is 6. The number of ether oxygens (including phenoxy) is 1. The number of benzene rings is 1. The monoisotopic (exact) mass is 278 g/mol. The predicted molar refractivity (Wildman–Crippen MR) is 77.3 cm³/mol. The Morgan fingerprint density at radius 2 is 2.00 bits per heavy atom. The first-order chi connectivity index (χ1) is 9.54. The molecule has 0 saturated carbocycles. The number of nitrogens with zero attached hydrogens (tertiary/aromatic N) is 1. The van der Waals surface area contributed by atoms with Gasteiger partial charge in [0, 0.05) is 26.6 Å². The lowest BCUT2D eigenvalue weighted by Crippen LogP contribution is -2.37. The summed E-state index contributed by atoms with van der Waals surface area (Å²) in [7, 11) is 0. The molecule has 0 aliphatic heterocycles. The predicted octanol–water partition coefficient (Wildman–Crippen LogP) is 2.09. The van der Waals surface area contributed by atoms with Crippen molar-refractivity contribution in [3.63, 3.8) is 0 Å². The molecule has 0 aromatic heterocycles. The quantitative estimate of drug-likeness (QED) is 0.867. The van der Waals surface area contributed by atoms with Crippen LogP contribution in [0.5, 0.6) is 0 Å². The highest BCUT2D eigenvalue weighted by Gasteiger charge is 2.11. The first-order valence-corrected chi connectivity index (χ1v) is 6.75. The van der Waals surface area contributed by atoms with Crippen LogP contribution in [0, 0.1) is 6.92 Å². The Bertz CT molecular complexity index is 460. The third-order valence-corrected chi connectivity index (χ3v) is 2.99. The zero-order valence-corrected chi connectivity index (χ0v) is 12.3. The maximum Gasteiger partial charge on any atom is 0.407 e. The van der Waals surface area contributed by atoms with E-state index in [0.717, 1.165) is 11.1 Å². The first-order valence-electron chi connectivity index (χ1n) is 6.75. The summed E-state index contributed by atoms with van der Waals surface area (Å²) in [4.78, 5) is 24.5. The van der Waals surface area contributed by atoms with E-state index in [-0.39, 0.29) is 5.91 Å². The van der Waals surface area contributed by atoms with Gasteiger partial charge in [0.05, 0.1) is 6.61 Å². The van der Waals surface area contributed by atoms with Gasteiger partial charge >= 0.3 is 6.09 Å². The van der Waals surface area contributed by atoms with E-state index in [1.165, 1.54) is 6.92 Å². The second-order valence-corrected chi connectivity index (χ2v) is 4.51. The van der Waals surface area contributed by atoms with E-state index in [1.54, 1.807) is 11.8 Å². The lowest BCUT2D eigenvalue weighted by molar-refractivity contribution is -0.129. The highest BCUT2D eigenvalue weighted by molar-refractivity contribution is 5.73. The Morgan fingerprint density at radius 1 is 1.30 bits per heavy atom. The SMILES string of the molecule is CCOC(=O)NCCN(Cc1ccccc1C)C(C)=O. The molecule has 0 aliphatic carbocycles. The standard InChI is InChI=1S/C15H22N2O3/c1-4-20-15(19)16-9-10-17(13(3)18)11-14-8-6-5-7-12(14)2/h5-8H,4,9-11H2,1-3H3,(H,16,19). The minimum absolute atomic E-state index is 0.0149. The molecule has 5 nitrogen and oxygen atoms in total. The largest absolute Gasteiger partial charge is 0.450 e. The highest BCUT2D eigenvalue weighted by Crippen LogP contribution is 2.10. The summed E-state index contributed by atoms with van der Waals surface area (Å²) in [5.74, 6) is -0.0149. The van der Waals surface area contributed by atoms with Crippen LogP contribution in [-0.2, 0) is 16.1 Å². The third-order valence-electron chi connectivity index (χ3n) is 2.99. The Kier molecular flexibility index (Phi) is 6.56. The number of nitrogens with one attached hydrogen (secondary N) is 1. The summed E-state index contributed by atoms with van der Waals surface area (Å²) < 4.78 is 4.77. The zero-order chi connectivity index (χ0) is 15.0. The van der Waals surface area contributed by atoms with Crippen molar-refractivity contribution in [3.05, 3.63) is 35.4 Å². The van der Waals surface area contributed by atoms with Crippen molar-refractivity contribution in [2.45, 2.75) is 27.3 Å². The maximum absolute atomic E-state index is 11.6. The Morgan fingerprint density at radius 3 is 2.60 bits per heavy atom. The van der Waals surface area contributed by atoms with Gasteiger partial charge in [-0.15, -0.1) is 0 Å². The van der Waals surface area contributed by atoms with Crippen LogP contribution in [0.1, 0.15) is 25.0 Å². The fourth-order valence-corrected chi connectivity index (χ4v) is 1.82. The first kappa shape index (κ1) is 16.0. The Labute approximate surface area is 119 Å². The number of carbonyl (C=O) groups is 2. The highest BCUT2D eigenvalue weighted by atomic mass is 16.5. The molecule has 110 valence electrons. The molecule has 2 amide bonds. The van der Waals surface area contributed by atoms with E-state index >= 15 is 0 Å². The normalized spacial score (nSPS) is 9.95. The average Bonchev–Trinajstić information content (AvgIpc) is 2.40. The van der Waals surface area contributed by atoms with Gasteiger partial charge in [0.25, 0.3) is 0 Å². The molecule has 1 aromatic carbocycles. The molecule has 0 bridgehead atoms. The number of aryl methyl sites for hydroxylation is 1. The molecule has 0 heterocycles. The molecule has 1 rings (SSSR count). The molecule has 0 fully saturated rings. The molecule has 1 N–H and O–H groups in total. The van der Waals surface area contributed by atoms with Gasteiger partial charge in [-0.1, -0.05) is 24.3 Å². The molecule has 0 saturated heterocycles. The van der Waals surface area contributed by atoms with Gasteiger partial charge < -0.3 is 15.0 Å². The van der Waals surface area contributed by atoms with E-state index in [9.17, 15) is 9.59 Å². The minimum Gasteiger partial charge on any atom is -0.450 e. The molecule has 5 heteroatoms. The zero-order valence-electron chi connectivity index (χ0n) is 12.3. The summed E-state index contributed by atoms with van der Waals surface area (Å²) in [6.07, 6.45) is -0.452. The van der Waals surface area contributed by atoms with E-state index < -0.39 is 6.09 Å². The Hall–Kier alpha value is -2.04. The molecule has 0 aliphatic rings. The molecule has 0 unspecified atom stereocenters. The lowest BCUT2D eigenvalue weighted by Gasteiger charge is -2.22. The second kappa shape index (κ2) is 8.19.